The zero-order chi connectivity index (χ0) is 33.9. The fraction of sp³-hybridized carbons (Fsp3) is 0.474. The molecule has 254 valence electrons. The van der Waals surface area contributed by atoms with Gasteiger partial charge in [-0.1, -0.05) is 50.8 Å². The van der Waals surface area contributed by atoms with Crippen LogP contribution in [0.4, 0.5) is 16.2 Å². The molecule has 3 atom stereocenters. The van der Waals surface area contributed by atoms with Crippen molar-refractivity contribution < 1.29 is 19.1 Å². The molecule has 1 aliphatic rings. The van der Waals surface area contributed by atoms with Crippen LogP contribution in [0.25, 0.3) is 0 Å². The van der Waals surface area contributed by atoms with Gasteiger partial charge in [0, 0.05) is 62.2 Å². The number of methoxy groups -OCH3 is 2. The maximum absolute atomic E-state index is 13.8. The molecule has 4 rings (SSSR count). The molecule has 3 amide bonds. The van der Waals surface area contributed by atoms with Crippen molar-refractivity contribution in [3.05, 3.63) is 84.4 Å². The predicted octanol–water partition coefficient (Wildman–Crippen LogP) is 6.71. The Hall–Kier alpha value is -4.08. The second-order valence-electron chi connectivity index (χ2n) is 13.0. The summed E-state index contributed by atoms with van der Waals surface area (Å²) in [6.07, 6.45) is 6.21. The summed E-state index contributed by atoms with van der Waals surface area (Å²) >= 11 is 0. The molecule has 1 aliphatic heterocycles. The Kier molecular flexibility index (Phi) is 12.7. The SMILES string of the molecule is CCCCCCCNC(=O)NC1(C)CC(CNC(=O)c2ccccc2)C(N(C)C)C[N+]1(c1ccc(OC)cc1)c1ccc(OC)cc1. The molecule has 9 nitrogen and oxygen atoms in total. The molecule has 0 aliphatic carbocycles. The molecule has 47 heavy (non-hydrogen) atoms. The highest BCUT2D eigenvalue weighted by Gasteiger charge is 2.59. The first kappa shape index (κ1) is 35.8. The van der Waals surface area contributed by atoms with Crippen LogP contribution in [0.3, 0.4) is 0 Å². The number of quaternary nitrogens is 1. The number of carbonyl (C=O) groups is 2. The van der Waals surface area contributed by atoms with E-state index >= 15 is 0 Å². The molecule has 1 heterocycles. The van der Waals surface area contributed by atoms with E-state index in [1.54, 1.807) is 14.2 Å². The Morgan fingerprint density at radius 2 is 1.40 bits per heavy atom. The van der Waals surface area contributed by atoms with Gasteiger partial charge in [-0.3, -0.25) is 10.1 Å². The van der Waals surface area contributed by atoms with Crippen LogP contribution in [0.15, 0.2) is 78.9 Å². The molecular formula is C38H54N5O4+. The number of ether oxygens (including phenoxy) is 2. The number of carbonyl (C=O) groups excluding carboxylic acids is 2. The van der Waals surface area contributed by atoms with E-state index in [0.29, 0.717) is 36.1 Å². The smallest absolute Gasteiger partial charge is 0.319 e. The number of hydrogen-bond donors (Lipinski definition) is 3. The number of hydrogen-bond acceptors (Lipinski definition) is 5. The minimum Gasteiger partial charge on any atom is -0.497 e. The first-order valence-electron chi connectivity index (χ1n) is 16.9. The number of likely N-dealkylation sites (N-methyl/N-ethyl adjacent to an activating group) is 1. The highest BCUT2D eigenvalue weighted by molar-refractivity contribution is 5.94. The number of unbranched alkanes of at least 4 members (excludes halogenated alkanes) is 4. The zero-order valence-electron chi connectivity index (χ0n) is 29.1. The summed E-state index contributed by atoms with van der Waals surface area (Å²) in [4.78, 5) is 29.2. The van der Waals surface area contributed by atoms with E-state index in [1.807, 2.05) is 54.6 Å². The number of nitrogens with zero attached hydrogens (tertiary/aromatic N) is 2. The van der Waals surface area contributed by atoms with Crippen molar-refractivity contribution in [3.8, 4) is 11.5 Å². The quantitative estimate of drug-likeness (QED) is 0.126. The average molecular weight is 645 g/mol. The topological polar surface area (TPSA) is 91.9 Å². The van der Waals surface area contributed by atoms with E-state index < -0.39 is 5.66 Å². The Labute approximate surface area is 281 Å². The van der Waals surface area contributed by atoms with Crippen LogP contribution in [0.2, 0.25) is 0 Å². The van der Waals surface area contributed by atoms with Gasteiger partial charge in [0.15, 0.2) is 5.66 Å². The molecule has 1 fully saturated rings. The molecule has 0 radical (unpaired) electrons. The van der Waals surface area contributed by atoms with Gasteiger partial charge in [-0.15, -0.1) is 0 Å². The van der Waals surface area contributed by atoms with Gasteiger partial charge in [0.2, 0.25) is 0 Å². The summed E-state index contributed by atoms with van der Waals surface area (Å²) in [6, 6.07) is 25.5. The number of amides is 3. The summed E-state index contributed by atoms with van der Waals surface area (Å²) < 4.78 is 11.4. The summed E-state index contributed by atoms with van der Waals surface area (Å²) in [5.41, 5.74) is 1.88. The number of rotatable bonds is 15. The number of piperidine rings is 1. The normalized spacial score (nSPS) is 20.3. The summed E-state index contributed by atoms with van der Waals surface area (Å²) in [5, 5.41) is 9.84. The van der Waals surface area contributed by atoms with E-state index in [2.05, 4.69) is 73.1 Å². The van der Waals surface area contributed by atoms with Crippen LogP contribution in [0.5, 0.6) is 11.5 Å². The van der Waals surface area contributed by atoms with E-state index in [9.17, 15) is 9.59 Å². The van der Waals surface area contributed by atoms with E-state index in [4.69, 9.17) is 9.47 Å². The monoisotopic (exact) mass is 644 g/mol. The van der Waals surface area contributed by atoms with Gasteiger partial charge in [0.1, 0.15) is 29.4 Å². The summed E-state index contributed by atoms with van der Waals surface area (Å²) in [5.74, 6) is 1.47. The third-order valence-electron chi connectivity index (χ3n) is 9.71. The third kappa shape index (κ3) is 8.45. The lowest BCUT2D eigenvalue weighted by molar-refractivity contribution is 0.0108. The lowest BCUT2D eigenvalue weighted by Crippen LogP contribution is -2.77. The van der Waals surface area contributed by atoms with Crippen LogP contribution < -0.4 is 29.9 Å². The molecule has 3 N–H and O–H groups in total. The number of nitrogens with one attached hydrogen (secondary N) is 3. The van der Waals surface area contributed by atoms with Gasteiger partial charge in [-0.25, -0.2) is 9.28 Å². The van der Waals surface area contributed by atoms with Crippen LogP contribution in [0, 0.1) is 5.92 Å². The molecule has 3 unspecified atom stereocenters. The lowest BCUT2D eigenvalue weighted by Gasteiger charge is -2.58. The standard InChI is InChI=1S/C38H53N5O4/c1-7-8-9-10-14-25-39-37(45)41-38(2)26-30(27-40-36(44)29-15-12-11-13-16-29)35(42(3)4)28-43(38,31-17-21-33(46-5)22-18-31)32-19-23-34(47-6)24-20-32/h11-13,15-24,30,35H,7-10,14,25-28H2,1-6H3,(H2-,39,40,41,44,45)/p+1. The van der Waals surface area contributed by atoms with Gasteiger partial charge in [-0.2, -0.15) is 0 Å². The molecule has 0 aromatic heterocycles. The molecule has 0 saturated carbocycles. The van der Waals surface area contributed by atoms with E-state index in [-0.39, 0.29) is 23.9 Å². The minimum atomic E-state index is -0.801. The molecule has 9 heteroatoms. The number of benzene rings is 3. The van der Waals surface area contributed by atoms with Gasteiger partial charge >= 0.3 is 6.03 Å². The number of urea groups is 1. The van der Waals surface area contributed by atoms with Gasteiger partial charge < -0.3 is 25.0 Å². The Morgan fingerprint density at radius 1 is 0.830 bits per heavy atom. The maximum atomic E-state index is 13.8. The largest absolute Gasteiger partial charge is 0.497 e. The zero-order valence-corrected chi connectivity index (χ0v) is 29.1. The molecule has 3 aromatic rings. The maximum Gasteiger partial charge on any atom is 0.319 e. The highest BCUT2D eigenvalue weighted by atomic mass is 16.5. The molecule has 1 saturated heterocycles. The predicted molar refractivity (Wildman–Crippen MR) is 190 cm³/mol. The van der Waals surface area contributed by atoms with Crippen LogP contribution in [-0.4, -0.2) is 76.5 Å². The fourth-order valence-corrected chi connectivity index (χ4v) is 7.11. The van der Waals surface area contributed by atoms with Crippen LogP contribution in [0.1, 0.15) is 62.7 Å². The van der Waals surface area contributed by atoms with Crippen molar-refractivity contribution in [3.63, 3.8) is 0 Å². The third-order valence-corrected chi connectivity index (χ3v) is 9.71. The van der Waals surface area contributed by atoms with Crippen molar-refractivity contribution in [1.82, 2.24) is 25.3 Å². The van der Waals surface area contributed by atoms with Crippen LogP contribution in [-0.2, 0) is 0 Å². The highest BCUT2D eigenvalue weighted by Crippen LogP contribution is 2.49. The lowest BCUT2D eigenvalue weighted by atomic mass is 9.79. The van der Waals surface area contributed by atoms with E-state index in [0.717, 1.165) is 35.7 Å². The Bertz CT molecular complexity index is 1370. The van der Waals surface area contributed by atoms with Crippen molar-refractivity contribution in [1.29, 1.82) is 0 Å². The van der Waals surface area contributed by atoms with Crippen molar-refractivity contribution in [2.45, 2.75) is 64.1 Å². The summed E-state index contributed by atoms with van der Waals surface area (Å²) in [6.45, 7) is 6.07. The van der Waals surface area contributed by atoms with Crippen molar-refractivity contribution >= 4 is 23.3 Å². The van der Waals surface area contributed by atoms with Gasteiger partial charge in [0.05, 0.1) is 20.3 Å². The van der Waals surface area contributed by atoms with Gasteiger partial charge in [0.25, 0.3) is 5.91 Å². The Morgan fingerprint density at radius 3 is 1.94 bits per heavy atom. The second kappa shape index (κ2) is 16.7. The molecule has 0 spiro atoms. The Balaban J connectivity index is 1.75. The van der Waals surface area contributed by atoms with E-state index in [1.165, 1.54) is 19.3 Å². The molecule has 0 bridgehead atoms. The van der Waals surface area contributed by atoms with Crippen molar-refractivity contribution in [2.75, 3.05) is 47.9 Å². The second-order valence-corrected chi connectivity index (χ2v) is 13.0. The summed E-state index contributed by atoms with van der Waals surface area (Å²) in [7, 11) is 7.51. The molecular weight excluding hydrogens is 590 g/mol. The van der Waals surface area contributed by atoms with Crippen molar-refractivity contribution in [2.24, 2.45) is 5.92 Å². The average Bonchev–Trinajstić information content (AvgIpc) is 3.09. The molecule has 3 aromatic carbocycles. The van der Waals surface area contributed by atoms with Gasteiger partial charge in [-0.05, 0) is 56.9 Å². The first-order chi connectivity index (χ1) is 22.7. The minimum absolute atomic E-state index is 0.0414. The fourth-order valence-electron chi connectivity index (χ4n) is 7.11. The first-order valence-corrected chi connectivity index (χ1v) is 16.9. The van der Waals surface area contributed by atoms with Crippen LogP contribution >= 0.6 is 0 Å².